The molecule has 122 valence electrons. The van der Waals surface area contributed by atoms with Gasteiger partial charge in [-0.15, -0.1) is 0 Å². The average molecular weight is 322 g/mol. The molecular formula is C14H14N2O7. The summed E-state index contributed by atoms with van der Waals surface area (Å²) in [6, 6.07) is 10.9. The largest absolute Gasteiger partial charge is 0.508 e. The average Bonchev–Trinajstić information content (AvgIpc) is 2.54. The molecule has 2 aromatic rings. The van der Waals surface area contributed by atoms with Gasteiger partial charge in [-0.2, -0.15) is 0 Å². The number of nitro benzene ring substituents is 2. The molecule has 0 bridgehead atoms. The molecule has 0 atom stereocenters. The maximum Gasteiger partial charge on any atom is 0.269 e. The van der Waals surface area contributed by atoms with Gasteiger partial charge in [0.05, 0.1) is 9.85 Å². The van der Waals surface area contributed by atoms with Crippen LogP contribution >= 0.6 is 0 Å². The number of phenols is 1. The van der Waals surface area contributed by atoms with Crippen molar-refractivity contribution in [3.05, 3.63) is 68.8 Å². The van der Waals surface area contributed by atoms with Gasteiger partial charge in [-0.05, 0) is 24.3 Å². The highest BCUT2D eigenvalue weighted by atomic mass is 16.7. The molecule has 0 aliphatic rings. The lowest BCUT2D eigenvalue weighted by Gasteiger charge is -2.02. The van der Waals surface area contributed by atoms with Crippen LogP contribution in [0, 0.1) is 20.2 Å². The number of benzene rings is 2. The first-order valence-corrected chi connectivity index (χ1v) is 6.23. The van der Waals surface area contributed by atoms with Gasteiger partial charge in [0.2, 0.25) is 0 Å². The first-order valence-electron chi connectivity index (χ1n) is 6.23. The fraction of sp³-hybridized carbons (Fsp3) is 0.143. The summed E-state index contributed by atoms with van der Waals surface area (Å²) in [4.78, 5) is 19.3. The van der Waals surface area contributed by atoms with Crippen LogP contribution in [-0.4, -0.2) is 28.9 Å². The molecule has 0 spiro atoms. The van der Waals surface area contributed by atoms with Crippen molar-refractivity contribution in [3.8, 4) is 11.5 Å². The molecule has 2 rings (SSSR count). The lowest BCUT2D eigenvalue weighted by Crippen LogP contribution is -1.98. The molecule has 1 N–H and O–H groups in total. The van der Waals surface area contributed by atoms with E-state index in [1.807, 2.05) is 0 Å². The maximum atomic E-state index is 10.3. The van der Waals surface area contributed by atoms with Crippen LogP contribution < -0.4 is 4.74 Å². The summed E-state index contributed by atoms with van der Waals surface area (Å²) in [6.07, 6.45) is 0. The lowest BCUT2D eigenvalue weighted by molar-refractivity contribution is -0.385. The highest BCUT2D eigenvalue weighted by molar-refractivity contribution is 5.36. The van der Waals surface area contributed by atoms with Crippen LogP contribution in [0.5, 0.6) is 11.5 Å². The zero-order chi connectivity index (χ0) is 17.2. The number of phenolic OH excluding ortho intramolecular Hbond substituents is 1. The van der Waals surface area contributed by atoms with E-state index in [1.165, 1.54) is 55.6 Å². The van der Waals surface area contributed by atoms with E-state index in [9.17, 15) is 20.2 Å². The van der Waals surface area contributed by atoms with E-state index in [0.29, 0.717) is 5.75 Å². The van der Waals surface area contributed by atoms with Crippen LogP contribution in [0.3, 0.4) is 0 Å². The molecule has 0 unspecified atom stereocenters. The SMILES string of the molecule is COCOc1ccc([N+](=O)[O-])cc1.O=[N+]([O-])c1ccc(O)cc1. The maximum absolute atomic E-state index is 10.3. The van der Waals surface area contributed by atoms with E-state index in [0.717, 1.165) is 0 Å². The summed E-state index contributed by atoms with van der Waals surface area (Å²) in [5, 5.41) is 29.0. The van der Waals surface area contributed by atoms with Gasteiger partial charge in [-0.3, -0.25) is 20.2 Å². The predicted octanol–water partition coefficient (Wildman–Crippen LogP) is 2.88. The Morgan fingerprint density at radius 2 is 1.35 bits per heavy atom. The molecule has 23 heavy (non-hydrogen) atoms. The predicted molar refractivity (Wildman–Crippen MR) is 80.4 cm³/mol. The van der Waals surface area contributed by atoms with E-state index in [2.05, 4.69) is 4.74 Å². The van der Waals surface area contributed by atoms with Crippen LogP contribution in [0.15, 0.2) is 48.5 Å². The van der Waals surface area contributed by atoms with E-state index in [4.69, 9.17) is 9.84 Å². The minimum absolute atomic E-state index is 0.0159. The Labute approximate surface area is 131 Å². The zero-order valence-corrected chi connectivity index (χ0v) is 12.1. The molecular weight excluding hydrogens is 308 g/mol. The van der Waals surface area contributed by atoms with Crippen LogP contribution in [0.25, 0.3) is 0 Å². The highest BCUT2D eigenvalue weighted by Gasteiger charge is 2.03. The Bertz CT molecular complexity index is 641. The van der Waals surface area contributed by atoms with Crippen molar-refractivity contribution >= 4 is 11.4 Å². The minimum atomic E-state index is -0.514. The van der Waals surface area contributed by atoms with Crippen molar-refractivity contribution in [1.29, 1.82) is 0 Å². The molecule has 0 aromatic heterocycles. The van der Waals surface area contributed by atoms with Gasteiger partial charge >= 0.3 is 0 Å². The van der Waals surface area contributed by atoms with Gasteiger partial charge in [0.15, 0.2) is 6.79 Å². The number of nitro groups is 2. The Balaban J connectivity index is 0.000000238. The molecule has 0 radical (unpaired) electrons. The second-order valence-corrected chi connectivity index (χ2v) is 4.08. The summed E-state index contributed by atoms with van der Waals surface area (Å²) >= 11 is 0. The van der Waals surface area contributed by atoms with Gasteiger partial charge in [-0.1, -0.05) is 0 Å². The van der Waals surface area contributed by atoms with Crippen molar-refractivity contribution in [3.63, 3.8) is 0 Å². The molecule has 9 nitrogen and oxygen atoms in total. The van der Waals surface area contributed by atoms with Gasteiger partial charge in [-0.25, -0.2) is 0 Å². The Morgan fingerprint density at radius 1 is 0.913 bits per heavy atom. The van der Waals surface area contributed by atoms with E-state index in [1.54, 1.807) is 0 Å². The number of aromatic hydroxyl groups is 1. The highest BCUT2D eigenvalue weighted by Crippen LogP contribution is 2.17. The number of non-ortho nitro benzene ring substituents is 2. The normalized spacial score (nSPS) is 9.43. The lowest BCUT2D eigenvalue weighted by atomic mass is 10.3. The van der Waals surface area contributed by atoms with E-state index >= 15 is 0 Å². The third-order valence-electron chi connectivity index (χ3n) is 2.45. The summed E-state index contributed by atoms with van der Waals surface area (Å²) in [7, 11) is 1.51. The molecule has 0 aliphatic carbocycles. The quantitative estimate of drug-likeness (QED) is 0.509. The molecule has 0 fully saturated rings. The Kier molecular flexibility index (Phi) is 6.95. The summed E-state index contributed by atoms with van der Waals surface area (Å²) in [6.45, 7) is 0.137. The zero-order valence-electron chi connectivity index (χ0n) is 12.1. The second kappa shape index (κ2) is 8.95. The standard InChI is InChI=1S/C8H9NO4.C6H5NO3/c1-12-6-13-8-4-2-7(3-5-8)9(10)11;8-6-3-1-5(2-4-6)7(9)10/h2-5H,6H2,1H3;1-4,8H. The molecule has 0 saturated carbocycles. The summed E-state index contributed by atoms with van der Waals surface area (Å²) in [5.41, 5.74) is 0.0302. The van der Waals surface area contributed by atoms with Gasteiger partial charge in [0.1, 0.15) is 11.5 Å². The number of ether oxygens (including phenoxy) is 2. The molecule has 0 saturated heterocycles. The van der Waals surface area contributed by atoms with Crippen LogP contribution in [0.2, 0.25) is 0 Å². The summed E-state index contributed by atoms with van der Waals surface area (Å²) < 4.78 is 9.71. The second-order valence-electron chi connectivity index (χ2n) is 4.08. The van der Waals surface area contributed by atoms with Crippen LogP contribution in [-0.2, 0) is 4.74 Å². The molecule has 0 amide bonds. The number of hydrogen-bond acceptors (Lipinski definition) is 7. The van der Waals surface area contributed by atoms with Crippen LogP contribution in [0.4, 0.5) is 11.4 Å². The fourth-order valence-corrected chi connectivity index (χ4v) is 1.37. The smallest absolute Gasteiger partial charge is 0.269 e. The monoisotopic (exact) mass is 322 g/mol. The Morgan fingerprint density at radius 3 is 1.74 bits per heavy atom. The fourth-order valence-electron chi connectivity index (χ4n) is 1.37. The molecule has 2 aromatic carbocycles. The summed E-state index contributed by atoms with van der Waals surface area (Å²) in [5.74, 6) is 0.582. The van der Waals surface area contributed by atoms with E-state index < -0.39 is 9.85 Å². The topological polar surface area (TPSA) is 125 Å². The van der Waals surface area contributed by atoms with Crippen molar-refractivity contribution < 1.29 is 24.4 Å². The first kappa shape index (κ1) is 17.9. The number of methoxy groups -OCH3 is 1. The third kappa shape index (κ3) is 6.40. The minimum Gasteiger partial charge on any atom is -0.508 e. The number of nitrogens with zero attached hydrogens (tertiary/aromatic N) is 2. The van der Waals surface area contributed by atoms with E-state index in [-0.39, 0.29) is 23.9 Å². The Hall–Kier alpha value is -3.20. The van der Waals surface area contributed by atoms with Crippen molar-refractivity contribution in [1.82, 2.24) is 0 Å². The van der Waals surface area contributed by atoms with Crippen LogP contribution in [0.1, 0.15) is 0 Å². The van der Waals surface area contributed by atoms with Crippen molar-refractivity contribution in [2.45, 2.75) is 0 Å². The van der Waals surface area contributed by atoms with Gasteiger partial charge in [0.25, 0.3) is 11.4 Å². The number of hydrogen-bond donors (Lipinski definition) is 1. The molecule has 9 heteroatoms. The van der Waals surface area contributed by atoms with Crippen molar-refractivity contribution in [2.24, 2.45) is 0 Å². The molecule has 0 aliphatic heterocycles. The van der Waals surface area contributed by atoms with Gasteiger partial charge < -0.3 is 14.6 Å². The number of rotatable bonds is 5. The third-order valence-corrected chi connectivity index (χ3v) is 2.45. The molecule has 0 heterocycles. The van der Waals surface area contributed by atoms with Gasteiger partial charge in [0, 0.05) is 31.4 Å². The van der Waals surface area contributed by atoms with Crippen molar-refractivity contribution in [2.75, 3.05) is 13.9 Å². The first-order chi connectivity index (χ1) is 10.9.